The van der Waals surface area contributed by atoms with Gasteiger partial charge in [0.15, 0.2) is 0 Å². The first kappa shape index (κ1) is 23.3. The molecule has 0 aliphatic carbocycles. The second kappa shape index (κ2) is 10.8. The van der Waals surface area contributed by atoms with Crippen LogP contribution in [0.5, 0.6) is 0 Å². The lowest BCUT2D eigenvalue weighted by molar-refractivity contribution is -0.121. The topological polar surface area (TPSA) is 122 Å². The van der Waals surface area contributed by atoms with Crippen LogP contribution in [0.3, 0.4) is 0 Å². The van der Waals surface area contributed by atoms with Crippen molar-refractivity contribution in [1.29, 1.82) is 0 Å². The van der Waals surface area contributed by atoms with E-state index in [0.29, 0.717) is 11.3 Å². The van der Waals surface area contributed by atoms with Gasteiger partial charge in [0.05, 0.1) is 12.0 Å². The molecule has 10 heteroatoms. The largest absolute Gasteiger partial charge is 0.353 e. The van der Waals surface area contributed by atoms with Gasteiger partial charge in [-0.15, -0.1) is 0 Å². The summed E-state index contributed by atoms with van der Waals surface area (Å²) in [5.74, 6) is -1.47. The minimum absolute atomic E-state index is 0.157. The second-order valence-electron chi connectivity index (χ2n) is 7.08. The fraction of sp³-hybridized carbons (Fsp3) is 0.174. The minimum Gasteiger partial charge on any atom is -0.353 e. The molecule has 0 aliphatic rings. The average molecular weight is 451 g/mol. The number of anilines is 1. The number of hydrogen-bond donors (Lipinski definition) is 3. The molecule has 170 valence electrons. The van der Waals surface area contributed by atoms with Crippen molar-refractivity contribution in [2.75, 3.05) is 18.4 Å². The Labute approximate surface area is 188 Å². The fourth-order valence-corrected chi connectivity index (χ4v) is 2.96. The summed E-state index contributed by atoms with van der Waals surface area (Å²) < 4.78 is 15.0. The Kier molecular flexibility index (Phi) is 7.64. The first-order valence-corrected chi connectivity index (χ1v) is 10.1. The lowest BCUT2D eigenvalue weighted by atomic mass is 10.1. The van der Waals surface area contributed by atoms with E-state index < -0.39 is 17.3 Å². The van der Waals surface area contributed by atoms with Gasteiger partial charge in [0.1, 0.15) is 12.4 Å². The molecule has 2 aromatic carbocycles. The number of carbonyl (C=O) groups is 3. The van der Waals surface area contributed by atoms with Gasteiger partial charge in [-0.3, -0.25) is 23.7 Å². The molecule has 1 heterocycles. The van der Waals surface area contributed by atoms with Gasteiger partial charge >= 0.3 is 0 Å². The van der Waals surface area contributed by atoms with E-state index in [-0.39, 0.29) is 42.7 Å². The van der Waals surface area contributed by atoms with Gasteiger partial charge in [-0.05, 0) is 36.4 Å². The van der Waals surface area contributed by atoms with Crippen LogP contribution in [0.4, 0.5) is 10.1 Å². The molecule has 33 heavy (non-hydrogen) atoms. The van der Waals surface area contributed by atoms with E-state index >= 15 is 0 Å². The number of rotatable bonds is 8. The van der Waals surface area contributed by atoms with E-state index in [1.165, 1.54) is 37.5 Å². The van der Waals surface area contributed by atoms with Crippen molar-refractivity contribution in [3.05, 3.63) is 82.7 Å². The SMILES string of the molecule is CC(=O)Nc1ccc(C(=O)NCCNC(=O)Cn2cnc(-c3ccccc3F)cc2=O)cc1. The van der Waals surface area contributed by atoms with Crippen molar-refractivity contribution in [2.45, 2.75) is 13.5 Å². The molecule has 3 aromatic rings. The maximum absolute atomic E-state index is 13.9. The third-order valence-corrected chi connectivity index (χ3v) is 4.54. The van der Waals surface area contributed by atoms with Gasteiger partial charge in [-0.25, -0.2) is 9.37 Å². The second-order valence-corrected chi connectivity index (χ2v) is 7.08. The first-order chi connectivity index (χ1) is 15.8. The number of nitrogens with zero attached hydrogens (tertiary/aromatic N) is 2. The zero-order valence-corrected chi connectivity index (χ0v) is 17.8. The maximum atomic E-state index is 13.9. The summed E-state index contributed by atoms with van der Waals surface area (Å²) in [6.45, 7) is 1.46. The number of hydrogen-bond acceptors (Lipinski definition) is 5. The molecular formula is C23H22FN5O4. The molecule has 0 saturated carbocycles. The highest BCUT2D eigenvalue weighted by molar-refractivity contribution is 5.95. The van der Waals surface area contributed by atoms with Crippen molar-refractivity contribution in [1.82, 2.24) is 20.2 Å². The van der Waals surface area contributed by atoms with Crippen molar-refractivity contribution >= 4 is 23.4 Å². The third kappa shape index (κ3) is 6.57. The highest BCUT2D eigenvalue weighted by Crippen LogP contribution is 2.18. The fourth-order valence-electron chi connectivity index (χ4n) is 2.96. The van der Waals surface area contributed by atoms with Crippen LogP contribution in [-0.4, -0.2) is 40.4 Å². The predicted molar refractivity (Wildman–Crippen MR) is 120 cm³/mol. The monoisotopic (exact) mass is 451 g/mol. The van der Waals surface area contributed by atoms with E-state index in [0.717, 1.165) is 4.57 Å². The third-order valence-electron chi connectivity index (χ3n) is 4.54. The number of carbonyl (C=O) groups excluding carboxylic acids is 3. The number of amides is 3. The summed E-state index contributed by atoms with van der Waals surface area (Å²) in [5.41, 5.74) is 0.879. The summed E-state index contributed by atoms with van der Waals surface area (Å²) in [7, 11) is 0. The summed E-state index contributed by atoms with van der Waals surface area (Å²) in [4.78, 5) is 51.6. The molecule has 0 radical (unpaired) electrons. The average Bonchev–Trinajstić information content (AvgIpc) is 2.78. The van der Waals surface area contributed by atoms with Crippen LogP contribution in [0.2, 0.25) is 0 Å². The van der Waals surface area contributed by atoms with Crippen LogP contribution in [0.25, 0.3) is 11.3 Å². The Morgan fingerprint density at radius 1 is 1.00 bits per heavy atom. The summed E-state index contributed by atoms with van der Waals surface area (Å²) in [5, 5.41) is 7.88. The Morgan fingerprint density at radius 2 is 1.70 bits per heavy atom. The van der Waals surface area contributed by atoms with Gasteiger partial charge in [0, 0.05) is 42.9 Å². The van der Waals surface area contributed by atoms with Crippen LogP contribution in [0, 0.1) is 5.82 Å². The Bertz CT molecular complexity index is 1220. The van der Waals surface area contributed by atoms with Crippen LogP contribution in [0.15, 0.2) is 65.7 Å². The van der Waals surface area contributed by atoms with Crippen molar-refractivity contribution in [3.63, 3.8) is 0 Å². The van der Waals surface area contributed by atoms with E-state index in [1.807, 2.05) is 0 Å². The molecular weight excluding hydrogens is 429 g/mol. The molecule has 0 bridgehead atoms. The summed E-state index contributed by atoms with van der Waals surface area (Å²) in [6, 6.07) is 13.5. The molecule has 0 saturated heterocycles. The number of halogens is 1. The minimum atomic E-state index is -0.495. The molecule has 3 rings (SSSR count). The first-order valence-electron chi connectivity index (χ1n) is 10.1. The van der Waals surface area contributed by atoms with Crippen LogP contribution < -0.4 is 21.5 Å². The van der Waals surface area contributed by atoms with Crippen molar-refractivity contribution in [3.8, 4) is 11.3 Å². The molecule has 9 nitrogen and oxygen atoms in total. The van der Waals surface area contributed by atoms with Crippen LogP contribution >= 0.6 is 0 Å². The molecule has 0 spiro atoms. The zero-order valence-electron chi connectivity index (χ0n) is 17.8. The van der Waals surface area contributed by atoms with Gasteiger partial charge < -0.3 is 16.0 Å². The quantitative estimate of drug-likeness (QED) is 0.449. The number of nitrogens with one attached hydrogen (secondary N) is 3. The Balaban J connectivity index is 1.46. The summed E-state index contributed by atoms with van der Waals surface area (Å²) in [6.07, 6.45) is 1.19. The molecule has 0 unspecified atom stereocenters. The Morgan fingerprint density at radius 3 is 2.36 bits per heavy atom. The highest BCUT2D eigenvalue weighted by Gasteiger charge is 2.10. The van der Waals surface area contributed by atoms with E-state index in [2.05, 4.69) is 20.9 Å². The van der Waals surface area contributed by atoms with E-state index in [9.17, 15) is 23.6 Å². The number of aromatic nitrogens is 2. The van der Waals surface area contributed by atoms with Crippen LogP contribution in [-0.2, 0) is 16.1 Å². The smallest absolute Gasteiger partial charge is 0.254 e. The van der Waals surface area contributed by atoms with Gasteiger partial charge in [-0.2, -0.15) is 0 Å². The van der Waals surface area contributed by atoms with Crippen molar-refractivity contribution in [2.24, 2.45) is 0 Å². The maximum Gasteiger partial charge on any atom is 0.254 e. The van der Waals surface area contributed by atoms with E-state index in [1.54, 1.807) is 30.3 Å². The molecule has 0 fully saturated rings. The lowest BCUT2D eigenvalue weighted by Gasteiger charge is -2.09. The molecule has 0 atom stereocenters. The number of benzene rings is 2. The molecule has 3 amide bonds. The standard InChI is InChI=1S/C23H22FN5O4/c1-15(30)28-17-8-6-16(7-9-17)23(33)26-11-10-25-21(31)13-29-14-27-20(12-22(29)32)18-4-2-3-5-19(18)24/h2-9,12,14H,10-11,13H2,1H3,(H,25,31)(H,26,33)(H,28,30). The lowest BCUT2D eigenvalue weighted by Crippen LogP contribution is -2.37. The highest BCUT2D eigenvalue weighted by atomic mass is 19.1. The molecule has 1 aromatic heterocycles. The normalized spacial score (nSPS) is 10.4. The van der Waals surface area contributed by atoms with E-state index in [4.69, 9.17) is 0 Å². The Hall–Kier alpha value is -4.34. The predicted octanol–water partition coefficient (Wildman–Crippen LogP) is 1.55. The molecule has 0 aliphatic heterocycles. The van der Waals surface area contributed by atoms with Gasteiger partial charge in [0.2, 0.25) is 11.8 Å². The van der Waals surface area contributed by atoms with Gasteiger partial charge in [0.25, 0.3) is 11.5 Å². The summed E-state index contributed by atoms with van der Waals surface area (Å²) >= 11 is 0. The molecule has 3 N–H and O–H groups in total. The van der Waals surface area contributed by atoms with Crippen LogP contribution in [0.1, 0.15) is 17.3 Å². The van der Waals surface area contributed by atoms with Crippen molar-refractivity contribution < 1.29 is 18.8 Å². The van der Waals surface area contributed by atoms with Gasteiger partial charge in [-0.1, -0.05) is 12.1 Å². The zero-order chi connectivity index (χ0) is 23.8.